The number of imidazole rings is 1. The van der Waals surface area contributed by atoms with Crippen LogP contribution in [-0.2, 0) is 23.6 Å². The number of H-pyrrole nitrogens is 1. The van der Waals surface area contributed by atoms with Crippen LogP contribution in [0, 0.1) is 0 Å². The number of aryl methyl sites for hydroxylation is 2. The molecule has 1 rings (SSSR count). The molecule has 1 aromatic heterocycles. The third-order valence-electron chi connectivity index (χ3n) is 3.17. The van der Waals surface area contributed by atoms with Gasteiger partial charge in [0, 0.05) is 6.42 Å². The first-order valence-corrected chi connectivity index (χ1v) is 8.42. The van der Waals surface area contributed by atoms with E-state index >= 15 is 0 Å². The Morgan fingerprint density at radius 3 is 1.81 bits per heavy atom. The Hall–Kier alpha value is -1.51. The molecule has 5 nitrogen and oxygen atoms in total. The normalized spacial score (nSPS) is 13.9. The van der Waals surface area contributed by atoms with Crippen molar-refractivity contribution in [1.82, 2.24) is 4.98 Å². The molecule has 1 N–H and O–H groups in total. The summed E-state index contributed by atoms with van der Waals surface area (Å²) in [4.78, 5) is 3.20. The van der Waals surface area contributed by atoms with Gasteiger partial charge in [0.25, 0.3) is 5.82 Å². The Kier molecular flexibility index (Phi) is 7.78. The third kappa shape index (κ3) is 5.27. The highest BCUT2D eigenvalue weighted by Gasteiger charge is 2.83. The Labute approximate surface area is 147 Å². The molecule has 0 radical (unpaired) electrons. The van der Waals surface area contributed by atoms with Crippen molar-refractivity contribution in [3.63, 3.8) is 0 Å². The van der Waals surface area contributed by atoms with E-state index < -0.39 is 33.4 Å². The summed E-state index contributed by atoms with van der Waals surface area (Å²) in [7, 11) is -5.35. The van der Waals surface area contributed by atoms with Gasteiger partial charge in [-0.05, 0) is 6.42 Å². The molecule has 27 heavy (non-hydrogen) atoms. The standard InChI is InChI=1S/C8H14N2.C4HF9O3S/c1-3-4-5-8-9-6-7-10(8)2;5-1(6,3(9,10)11)2(7,8)4(12,13)17(14,15)16/h6-7H,3-5H2,1-2H3;(H,14,15,16). The van der Waals surface area contributed by atoms with E-state index in [2.05, 4.69) is 23.5 Å². The van der Waals surface area contributed by atoms with Crippen molar-refractivity contribution >= 4 is 10.1 Å². The number of halogens is 9. The SMILES string of the molecule is CCCCc1[nH]cc[n+]1C.O=S(=O)([O-])C(F)(F)C(F)(F)C(F)(F)C(F)(F)F. The number of aromatic nitrogens is 2. The lowest BCUT2D eigenvalue weighted by atomic mass is 10.1. The van der Waals surface area contributed by atoms with Crippen molar-refractivity contribution in [1.29, 1.82) is 0 Å². The van der Waals surface area contributed by atoms with Crippen LogP contribution >= 0.6 is 0 Å². The van der Waals surface area contributed by atoms with E-state index in [9.17, 15) is 52.5 Å². The van der Waals surface area contributed by atoms with E-state index in [0.717, 1.165) is 0 Å². The number of rotatable bonds is 6. The maximum atomic E-state index is 12.2. The lowest BCUT2D eigenvalue weighted by Gasteiger charge is -2.34. The smallest absolute Gasteiger partial charge is 0.460 e. The molecule has 160 valence electrons. The first-order valence-electron chi connectivity index (χ1n) is 7.02. The monoisotopic (exact) mass is 438 g/mol. The van der Waals surface area contributed by atoms with E-state index in [1.54, 1.807) is 0 Å². The van der Waals surface area contributed by atoms with Gasteiger partial charge in [-0.2, -0.15) is 39.5 Å². The summed E-state index contributed by atoms with van der Waals surface area (Å²) in [6.07, 6.45) is 0.563. The van der Waals surface area contributed by atoms with Gasteiger partial charge >= 0.3 is 23.3 Å². The summed E-state index contributed by atoms with van der Waals surface area (Å²) >= 11 is 0. The minimum atomic E-state index is -7.43. The lowest BCUT2D eigenvalue weighted by Crippen LogP contribution is -2.63. The predicted molar refractivity (Wildman–Crippen MR) is 71.2 cm³/mol. The quantitative estimate of drug-likeness (QED) is 0.421. The van der Waals surface area contributed by atoms with E-state index in [-0.39, 0.29) is 0 Å². The molecule has 0 spiro atoms. The second-order valence-corrected chi connectivity index (χ2v) is 6.66. The van der Waals surface area contributed by atoms with Crippen molar-refractivity contribution in [3.8, 4) is 0 Å². The Morgan fingerprint density at radius 2 is 1.52 bits per heavy atom. The Bertz CT molecular complexity index is 714. The van der Waals surface area contributed by atoms with Crippen LogP contribution in [-0.4, -0.2) is 41.2 Å². The largest absolute Gasteiger partial charge is 0.743 e. The zero-order valence-corrected chi connectivity index (χ0v) is 14.6. The molecule has 0 saturated carbocycles. The predicted octanol–water partition coefficient (Wildman–Crippen LogP) is 3.14. The first-order chi connectivity index (χ1) is 11.8. The van der Waals surface area contributed by atoms with Gasteiger partial charge < -0.3 is 4.55 Å². The van der Waals surface area contributed by atoms with Crippen LogP contribution in [0.2, 0.25) is 0 Å². The molecule has 0 aliphatic heterocycles. The number of nitrogens with zero attached hydrogens (tertiary/aromatic N) is 1. The molecule has 0 fully saturated rings. The van der Waals surface area contributed by atoms with Gasteiger partial charge in [0.15, 0.2) is 10.1 Å². The molecule has 0 aliphatic rings. The number of aromatic amines is 1. The number of alkyl halides is 9. The Morgan fingerprint density at radius 1 is 1.04 bits per heavy atom. The van der Waals surface area contributed by atoms with E-state index in [1.807, 2.05) is 12.4 Å². The molecule has 0 aliphatic carbocycles. The van der Waals surface area contributed by atoms with Gasteiger partial charge in [0.2, 0.25) is 0 Å². The van der Waals surface area contributed by atoms with Gasteiger partial charge in [-0.1, -0.05) is 13.3 Å². The van der Waals surface area contributed by atoms with Crippen molar-refractivity contribution in [2.24, 2.45) is 7.05 Å². The van der Waals surface area contributed by atoms with Crippen LogP contribution in [0.5, 0.6) is 0 Å². The van der Waals surface area contributed by atoms with E-state index in [1.165, 1.54) is 25.1 Å². The number of hydrogen-bond acceptors (Lipinski definition) is 3. The fourth-order valence-electron chi connectivity index (χ4n) is 1.55. The zero-order chi connectivity index (χ0) is 21.9. The van der Waals surface area contributed by atoms with Crippen molar-refractivity contribution in [2.75, 3.05) is 0 Å². The fourth-order valence-corrected chi connectivity index (χ4v) is 1.99. The molecule has 0 bridgehead atoms. The maximum absolute atomic E-state index is 12.2. The van der Waals surface area contributed by atoms with Gasteiger partial charge in [-0.25, -0.2) is 18.0 Å². The molecule has 0 saturated heterocycles. The minimum Gasteiger partial charge on any atom is -0.743 e. The Balaban J connectivity index is 0.000000569. The average molecular weight is 438 g/mol. The van der Waals surface area contributed by atoms with Crippen molar-refractivity contribution in [3.05, 3.63) is 18.2 Å². The molecular weight excluding hydrogens is 423 g/mol. The summed E-state index contributed by atoms with van der Waals surface area (Å²) < 4.78 is 138. The minimum absolute atomic E-state index is 1.17. The van der Waals surface area contributed by atoms with Gasteiger partial charge in [-0.3, -0.25) is 0 Å². The third-order valence-corrected chi connectivity index (χ3v) is 4.06. The van der Waals surface area contributed by atoms with Crippen molar-refractivity contribution < 1.29 is 57.1 Å². The van der Waals surface area contributed by atoms with Crippen LogP contribution in [0.1, 0.15) is 25.6 Å². The van der Waals surface area contributed by atoms with Crippen LogP contribution in [0.3, 0.4) is 0 Å². The lowest BCUT2D eigenvalue weighted by molar-refractivity contribution is -0.677. The van der Waals surface area contributed by atoms with Crippen molar-refractivity contribution in [2.45, 2.75) is 49.5 Å². The first kappa shape index (κ1) is 25.5. The molecular formula is C12H15F9N2O3S. The molecule has 1 heterocycles. The van der Waals surface area contributed by atoms with Crippen LogP contribution < -0.4 is 4.57 Å². The second kappa shape index (κ2) is 8.24. The molecule has 1 aromatic rings. The summed E-state index contributed by atoms with van der Waals surface area (Å²) in [5, 5.41) is -7.11. The van der Waals surface area contributed by atoms with Crippen LogP contribution in [0.4, 0.5) is 39.5 Å². The van der Waals surface area contributed by atoms with E-state index in [4.69, 9.17) is 0 Å². The topological polar surface area (TPSA) is 76.9 Å². The number of unbranched alkanes of at least 4 members (excludes halogenated alkanes) is 1. The number of nitrogens with one attached hydrogen (secondary N) is 1. The molecule has 0 aromatic carbocycles. The highest BCUT2D eigenvalue weighted by molar-refractivity contribution is 7.86. The summed E-state index contributed by atoms with van der Waals surface area (Å²) in [5.74, 6) is -13.5. The highest BCUT2D eigenvalue weighted by atomic mass is 32.2. The molecule has 0 unspecified atom stereocenters. The summed E-state index contributed by atoms with van der Waals surface area (Å²) in [6.45, 7) is 2.21. The van der Waals surface area contributed by atoms with Gasteiger partial charge in [0.1, 0.15) is 12.4 Å². The molecule has 15 heteroatoms. The van der Waals surface area contributed by atoms with Crippen LogP contribution in [0.15, 0.2) is 12.4 Å². The molecule has 0 amide bonds. The maximum Gasteiger partial charge on any atom is 0.460 e. The highest BCUT2D eigenvalue weighted by Crippen LogP contribution is 2.54. The summed E-state index contributed by atoms with van der Waals surface area (Å²) in [6, 6.07) is 0. The van der Waals surface area contributed by atoms with Gasteiger partial charge in [0.05, 0.1) is 7.05 Å². The van der Waals surface area contributed by atoms with Crippen LogP contribution in [0.25, 0.3) is 0 Å². The zero-order valence-electron chi connectivity index (χ0n) is 13.8. The van der Waals surface area contributed by atoms with Gasteiger partial charge in [-0.15, -0.1) is 0 Å². The fraction of sp³-hybridized carbons (Fsp3) is 0.750. The van der Waals surface area contributed by atoms with E-state index in [0.29, 0.717) is 0 Å². The average Bonchev–Trinajstić information content (AvgIpc) is 2.88. The molecule has 0 atom stereocenters. The summed E-state index contributed by atoms with van der Waals surface area (Å²) in [5.41, 5.74) is 0. The second-order valence-electron chi connectivity index (χ2n) is 5.24. The number of hydrogen-bond donors (Lipinski definition) is 1.